The van der Waals surface area contributed by atoms with Gasteiger partial charge in [0.1, 0.15) is 0 Å². The van der Waals surface area contributed by atoms with Gasteiger partial charge in [0.15, 0.2) is 0 Å². The summed E-state index contributed by atoms with van der Waals surface area (Å²) in [5.74, 6) is 0. The lowest BCUT2D eigenvalue weighted by Gasteiger charge is -2.11. The molecule has 0 fully saturated rings. The molecule has 0 spiro atoms. The molecule has 0 aromatic rings. The Hall–Kier alpha value is 0.0300. The molecule has 0 unspecified atom stereocenters. The molecule has 3 nitrogen and oxygen atoms in total. The Morgan fingerprint density at radius 1 is 1.55 bits per heavy atom. The van der Waals surface area contributed by atoms with E-state index >= 15 is 0 Å². The molecule has 0 saturated carbocycles. The zero-order valence-corrected chi connectivity index (χ0v) is 9.02. The SMILES string of the molecule is CN(C)CCCNC(=S)[S-].[NH4+]. The van der Waals surface area contributed by atoms with Crippen LogP contribution in [0.2, 0.25) is 0 Å². The number of thiocarbonyl (C=S) groups is 1. The van der Waals surface area contributed by atoms with Crippen LogP contribution in [0.5, 0.6) is 0 Å². The van der Waals surface area contributed by atoms with Crippen LogP contribution in [0.3, 0.4) is 0 Å². The third kappa shape index (κ3) is 13.1. The zero-order valence-electron chi connectivity index (χ0n) is 7.39. The van der Waals surface area contributed by atoms with Gasteiger partial charge in [-0.1, -0.05) is 4.32 Å². The van der Waals surface area contributed by atoms with Crippen molar-refractivity contribution >= 4 is 29.2 Å². The van der Waals surface area contributed by atoms with E-state index in [-0.39, 0.29) is 6.15 Å². The molecule has 0 rings (SSSR count). The fourth-order valence-corrected chi connectivity index (χ4v) is 0.790. The second kappa shape index (κ2) is 8.13. The minimum Gasteiger partial charge on any atom is -0.412 e. The van der Waals surface area contributed by atoms with E-state index in [0.29, 0.717) is 4.32 Å². The topological polar surface area (TPSA) is 51.8 Å². The minimum atomic E-state index is 0. The Balaban J connectivity index is 0. The van der Waals surface area contributed by atoms with E-state index in [0.717, 1.165) is 19.5 Å². The van der Waals surface area contributed by atoms with Crippen LogP contribution in [0.4, 0.5) is 0 Å². The molecule has 0 aromatic heterocycles. The van der Waals surface area contributed by atoms with Gasteiger partial charge in [-0.05, 0) is 27.1 Å². The average Bonchev–Trinajstić information content (AvgIpc) is 1.79. The Bertz CT molecular complexity index is 106. The number of hydrogen-bond acceptors (Lipinski definition) is 3. The largest absolute Gasteiger partial charge is 0.412 e. The maximum atomic E-state index is 4.66. The summed E-state index contributed by atoms with van der Waals surface area (Å²) in [6.07, 6.45) is 1.09. The van der Waals surface area contributed by atoms with E-state index in [2.05, 4.69) is 35.1 Å². The monoisotopic (exact) mass is 195 g/mol. The van der Waals surface area contributed by atoms with Crippen molar-refractivity contribution in [3.05, 3.63) is 0 Å². The fraction of sp³-hybridized carbons (Fsp3) is 0.833. The first-order valence-electron chi connectivity index (χ1n) is 3.22. The second-order valence-electron chi connectivity index (χ2n) is 2.37. The molecule has 5 N–H and O–H groups in total. The first kappa shape index (κ1) is 13.6. The van der Waals surface area contributed by atoms with Crippen LogP contribution in [0.15, 0.2) is 0 Å². The molecule has 0 amide bonds. The van der Waals surface area contributed by atoms with Crippen molar-refractivity contribution in [2.45, 2.75) is 6.42 Å². The Morgan fingerprint density at radius 2 is 2.09 bits per heavy atom. The summed E-state index contributed by atoms with van der Waals surface area (Å²) >= 11 is 9.33. The van der Waals surface area contributed by atoms with Gasteiger partial charge in [0.05, 0.1) is 0 Å². The van der Waals surface area contributed by atoms with Gasteiger partial charge >= 0.3 is 0 Å². The zero-order chi connectivity index (χ0) is 7.98. The lowest BCUT2D eigenvalue weighted by atomic mass is 10.4. The van der Waals surface area contributed by atoms with E-state index in [9.17, 15) is 0 Å². The predicted octanol–water partition coefficient (Wildman–Crippen LogP) is 0.736. The van der Waals surface area contributed by atoms with E-state index in [1.807, 2.05) is 14.1 Å². The molecular formula is C6H17N3S2. The van der Waals surface area contributed by atoms with Gasteiger partial charge in [-0.2, -0.15) is 0 Å². The molecule has 68 valence electrons. The highest BCUT2D eigenvalue weighted by Gasteiger charge is 1.87. The molecule has 0 aliphatic rings. The summed E-state index contributed by atoms with van der Waals surface area (Å²) in [6.45, 7) is 1.96. The van der Waals surface area contributed by atoms with Gasteiger partial charge in [-0.15, -0.1) is 0 Å². The summed E-state index contributed by atoms with van der Waals surface area (Å²) in [6, 6.07) is 0. The Morgan fingerprint density at radius 3 is 2.45 bits per heavy atom. The van der Waals surface area contributed by atoms with Gasteiger partial charge in [0, 0.05) is 6.54 Å². The second-order valence-corrected chi connectivity index (χ2v) is 3.45. The van der Waals surface area contributed by atoms with E-state index < -0.39 is 0 Å². The number of rotatable bonds is 4. The maximum Gasteiger partial charge on any atom is 0.0144 e. The molecule has 0 aliphatic heterocycles. The third-order valence-corrected chi connectivity index (χ3v) is 1.34. The maximum absolute atomic E-state index is 4.66. The number of hydrogen-bond donors (Lipinski definition) is 2. The van der Waals surface area contributed by atoms with Crippen molar-refractivity contribution in [1.29, 1.82) is 0 Å². The van der Waals surface area contributed by atoms with Crippen LogP contribution in [0.25, 0.3) is 0 Å². The highest BCUT2D eigenvalue weighted by Crippen LogP contribution is 1.80. The smallest absolute Gasteiger partial charge is 0.0144 e. The number of quaternary nitrogens is 1. The molecule has 0 saturated heterocycles. The lowest BCUT2D eigenvalue weighted by Crippen LogP contribution is -2.23. The molecule has 0 aromatic carbocycles. The van der Waals surface area contributed by atoms with Crippen LogP contribution in [0.1, 0.15) is 6.42 Å². The van der Waals surface area contributed by atoms with Gasteiger partial charge in [0.25, 0.3) is 0 Å². The van der Waals surface area contributed by atoms with Gasteiger partial charge < -0.3 is 41.2 Å². The highest BCUT2D eigenvalue weighted by molar-refractivity contribution is 8.00. The van der Waals surface area contributed by atoms with E-state index in [1.54, 1.807) is 0 Å². The number of nitrogens with zero attached hydrogens (tertiary/aromatic N) is 1. The summed E-state index contributed by atoms with van der Waals surface area (Å²) in [7, 11) is 4.10. The van der Waals surface area contributed by atoms with E-state index in [4.69, 9.17) is 0 Å². The average molecular weight is 195 g/mol. The van der Waals surface area contributed by atoms with Crippen LogP contribution in [-0.2, 0) is 12.6 Å². The summed E-state index contributed by atoms with van der Waals surface area (Å²) in [5.41, 5.74) is 0. The molecular weight excluding hydrogens is 178 g/mol. The van der Waals surface area contributed by atoms with Crippen molar-refractivity contribution in [1.82, 2.24) is 16.4 Å². The lowest BCUT2D eigenvalue weighted by molar-refractivity contribution is 0.400. The van der Waals surface area contributed by atoms with Crippen LogP contribution in [0, 0.1) is 0 Å². The number of nitrogens with one attached hydrogen (secondary N) is 1. The van der Waals surface area contributed by atoms with Crippen molar-refractivity contribution in [3.8, 4) is 0 Å². The summed E-state index contributed by atoms with van der Waals surface area (Å²) in [4.78, 5) is 2.13. The first-order chi connectivity index (χ1) is 4.63. The van der Waals surface area contributed by atoms with Crippen molar-refractivity contribution in [2.75, 3.05) is 27.2 Å². The van der Waals surface area contributed by atoms with Crippen molar-refractivity contribution < 1.29 is 0 Å². The van der Waals surface area contributed by atoms with Crippen LogP contribution >= 0.6 is 12.2 Å². The first-order valence-corrected chi connectivity index (χ1v) is 4.04. The van der Waals surface area contributed by atoms with Crippen LogP contribution in [-0.4, -0.2) is 36.4 Å². The molecule has 0 atom stereocenters. The normalized spacial score (nSPS) is 9.00. The molecule has 0 radical (unpaired) electrons. The minimum absolute atomic E-state index is 0. The standard InChI is InChI=1S/C6H14N2S2.H3N/c1-8(2)5-3-4-7-6(9)10;/h3-5H2,1-2H3,(H2,7,9,10);1H3. The molecule has 5 heteroatoms. The quantitative estimate of drug-likeness (QED) is 0.394. The summed E-state index contributed by atoms with van der Waals surface area (Å²) in [5, 5.41) is 2.92. The fourth-order valence-electron chi connectivity index (χ4n) is 0.586. The van der Waals surface area contributed by atoms with Crippen molar-refractivity contribution in [3.63, 3.8) is 0 Å². The Kier molecular flexibility index (Phi) is 10.1. The van der Waals surface area contributed by atoms with Crippen molar-refractivity contribution in [2.24, 2.45) is 0 Å². The van der Waals surface area contributed by atoms with Gasteiger partial charge in [0.2, 0.25) is 0 Å². The van der Waals surface area contributed by atoms with Gasteiger partial charge in [-0.3, -0.25) is 0 Å². The highest BCUT2D eigenvalue weighted by atomic mass is 32.1. The van der Waals surface area contributed by atoms with E-state index in [1.165, 1.54) is 0 Å². The molecule has 0 heterocycles. The molecule has 0 bridgehead atoms. The summed E-state index contributed by atoms with van der Waals surface area (Å²) < 4.78 is 0.471. The predicted molar refractivity (Wildman–Crippen MR) is 57.1 cm³/mol. The van der Waals surface area contributed by atoms with Crippen LogP contribution < -0.4 is 11.5 Å². The third-order valence-electron chi connectivity index (χ3n) is 1.05. The molecule has 0 aliphatic carbocycles. The van der Waals surface area contributed by atoms with Gasteiger partial charge in [-0.25, -0.2) is 0 Å². The Labute approximate surface area is 79.5 Å². The molecule has 11 heavy (non-hydrogen) atoms.